The molecule has 1 aromatic heterocycles. The predicted octanol–water partition coefficient (Wildman–Crippen LogP) is -0.371. The van der Waals surface area contributed by atoms with Crippen LogP contribution in [0.2, 0.25) is 0 Å². The maximum Gasteiger partial charge on any atom is 0.227 e. The van der Waals surface area contributed by atoms with Crippen LogP contribution in [0, 0.1) is 0 Å². The summed E-state index contributed by atoms with van der Waals surface area (Å²) in [5, 5.41) is 7.11. The van der Waals surface area contributed by atoms with Gasteiger partial charge in [-0.25, -0.2) is 4.98 Å². The maximum absolute atomic E-state index is 4.57. The van der Waals surface area contributed by atoms with Crippen molar-refractivity contribution >= 4 is 0 Å². The summed E-state index contributed by atoms with van der Waals surface area (Å²) in [7, 11) is 0. The van der Waals surface area contributed by atoms with Gasteiger partial charge in [0.15, 0.2) is 0 Å². The van der Waals surface area contributed by atoms with Crippen LogP contribution in [0.5, 0.6) is 0 Å². The Labute approximate surface area is 117 Å². The summed E-state index contributed by atoms with van der Waals surface area (Å²) in [6, 6.07) is 20.0. The number of nitrogens with one attached hydrogen (secondary N) is 1. The third kappa shape index (κ3) is 2.95. The van der Waals surface area contributed by atoms with Crippen molar-refractivity contribution in [3.05, 3.63) is 66.9 Å². The van der Waals surface area contributed by atoms with Gasteiger partial charge in [0.05, 0.1) is 0 Å². The van der Waals surface area contributed by atoms with Gasteiger partial charge in [-0.1, -0.05) is 60.7 Å². The number of nitrogens with zero attached hydrogens (tertiary/aromatic N) is 2. The van der Waals surface area contributed by atoms with Crippen LogP contribution >= 0.6 is 0 Å². The summed E-state index contributed by atoms with van der Waals surface area (Å²) in [5.41, 5.74) is 2.98. The predicted molar refractivity (Wildman–Crippen MR) is 69.5 cm³/mol. The second-order valence-corrected chi connectivity index (χ2v) is 3.94. The van der Waals surface area contributed by atoms with E-state index in [0.29, 0.717) is 5.82 Å². The van der Waals surface area contributed by atoms with Crippen LogP contribution < -0.4 is 17.5 Å². The molecule has 19 heavy (non-hydrogen) atoms. The number of aromatic amines is 1. The van der Waals surface area contributed by atoms with Gasteiger partial charge in [0.2, 0.25) is 12.0 Å². The Bertz CT molecular complexity index is 587. The Balaban J connectivity index is 0.00000133. The van der Waals surface area contributed by atoms with Crippen molar-refractivity contribution < 1.29 is 17.5 Å². The Morgan fingerprint density at radius 2 is 1.32 bits per heavy atom. The van der Waals surface area contributed by atoms with Gasteiger partial charge in [-0.3, -0.25) is 0 Å². The topological polar surface area (TPSA) is 39.9 Å². The number of aromatic nitrogens is 3. The molecule has 0 spiro atoms. The summed E-state index contributed by atoms with van der Waals surface area (Å²) in [5.74, 6) is 0.706. The van der Waals surface area contributed by atoms with Gasteiger partial charge in [-0.15, -0.1) is 5.10 Å². The van der Waals surface area contributed by atoms with Gasteiger partial charge in [0.1, 0.15) is 5.69 Å². The quantitative estimate of drug-likeness (QED) is 0.637. The van der Waals surface area contributed by atoms with E-state index in [1.165, 1.54) is 0 Å². The number of benzene rings is 2. The van der Waals surface area contributed by atoms with E-state index in [9.17, 15) is 0 Å². The monoisotopic (exact) mass is 269 g/mol. The zero-order valence-electron chi connectivity index (χ0n) is 10.1. The number of halogens is 1. The first kappa shape index (κ1) is 13.2. The van der Waals surface area contributed by atoms with Gasteiger partial charge in [-0.2, -0.15) is 0 Å². The summed E-state index contributed by atoms with van der Waals surface area (Å²) in [4.78, 5) is 4.57. The molecule has 3 rings (SSSR count). The number of hydrogen-bond donors (Lipinski definition) is 0. The first-order valence-electron chi connectivity index (χ1n) is 5.79. The van der Waals surface area contributed by atoms with Crippen molar-refractivity contribution in [2.24, 2.45) is 0 Å². The first-order valence-corrected chi connectivity index (χ1v) is 5.79. The van der Waals surface area contributed by atoms with E-state index in [1.807, 2.05) is 66.9 Å². The van der Waals surface area contributed by atoms with Crippen LogP contribution in [-0.2, 0) is 0 Å². The van der Waals surface area contributed by atoms with Gasteiger partial charge < -0.3 is 12.4 Å². The minimum atomic E-state index is 0. The molecule has 0 aliphatic carbocycles. The summed E-state index contributed by atoms with van der Waals surface area (Å²) >= 11 is 0. The van der Waals surface area contributed by atoms with E-state index in [4.69, 9.17) is 0 Å². The van der Waals surface area contributed by atoms with E-state index in [2.05, 4.69) is 15.2 Å². The molecule has 0 atom stereocenters. The third-order valence-electron chi connectivity index (χ3n) is 2.70. The molecule has 2 aromatic carbocycles. The molecule has 0 saturated carbocycles. The van der Waals surface area contributed by atoms with Crippen molar-refractivity contribution in [3.8, 4) is 22.6 Å². The molecule has 94 valence electrons. The minimum Gasteiger partial charge on any atom is -1.00 e. The number of rotatable bonds is 2. The average Bonchev–Trinajstić information content (AvgIpc) is 2.49. The SMILES string of the molecule is [Cl-].c1ccc(-c2c[nH+]nc(-c3ccccc3)n2)cc1. The number of H-pyrrole nitrogens is 1. The lowest BCUT2D eigenvalue weighted by molar-refractivity contribution is -0.454. The fourth-order valence-corrected chi connectivity index (χ4v) is 1.80. The molecule has 1 N–H and O–H groups in total. The molecule has 0 saturated heterocycles. The molecule has 0 unspecified atom stereocenters. The highest BCUT2D eigenvalue weighted by molar-refractivity contribution is 5.61. The van der Waals surface area contributed by atoms with Crippen molar-refractivity contribution in [1.29, 1.82) is 0 Å². The first-order chi connectivity index (χ1) is 8.93. The summed E-state index contributed by atoms with van der Waals surface area (Å²) in [6.07, 6.45) is 1.81. The smallest absolute Gasteiger partial charge is 0.227 e. The molecule has 4 heteroatoms. The molecule has 0 fully saturated rings. The zero-order valence-corrected chi connectivity index (χ0v) is 10.9. The minimum absolute atomic E-state index is 0. The molecular formula is C15H12ClN3. The van der Waals surface area contributed by atoms with Crippen LogP contribution in [0.15, 0.2) is 66.9 Å². The van der Waals surface area contributed by atoms with Gasteiger partial charge in [0, 0.05) is 16.2 Å². The largest absolute Gasteiger partial charge is 1.00 e. The van der Waals surface area contributed by atoms with E-state index < -0.39 is 0 Å². The molecule has 0 aliphatic rings. The van der Waals surface area contributed by atoms with Crippen LogP contribution in [0.3, 0.4) is 0 Å². The van der Waals surface area contributed by atoms with Crippen LogP contribution in [0.4, 0.5) is 0 Å². The zero-order chi connectivity index (χ0) is 12.2. The summed E-state index contributed by atoms with van der Waals surface area (Å²) < 4.78 is 0. The van der Waals surface area contributed by atoms with E-state index in [1.54, 1.807) is 0 Å². The van der Waals surface area contributed by atoms with Crippen molar-refractivity contribution in [3.63, 3.8) is 0 Å². The Kier molecular flexibility index (Phi) is 4.21. The summed E-state index contributed by atoms with van der Waals surface area (Å²) in [6.45, 7) is 0. The standard InChI is InChI=1S/C15H11N3.ClH/c1-3-7-12(8-4-1)14-11-16-18-15(17-14)13-9-5-2-6-10-13;/h1-11H;1H. The molecule has 0 radical (unpaired) electrons. The highest BCUT2D eigenvalue weighted by atomic mass is 35.5. The molecule has 0 amide bonds. The fourth-order valence-electron chi connectivity index (χ4n) is 1.80. The van der Waals surface area contributed by atoms with Gasteiger partial charge >= 0.3 is 0 Å². The third-order valence-corrected chi connectivity index (χ3v) is 2.70. The van der Waals surface area contributed by atoms with Crippen LogP contribution in [0.1, 0.15) is 0 Å². The van der Waals surface area contributed by atoms with Crippen molar-refractivity contribution in [2.45, 2.75) is 0 Å². The normalized spacial score (nSPS) is 9.68. The fraction of sp³-hybridized carbons (Fsp3) is 0. The lowest BCUT2D eigenvalue weighted by Gasteiger charge is -1.99. The Morgan fingerprint density at radius 1 is 0.737 bits per heavy atom. The second kappa shape index (κ2) is 6.07. The lowest BCUT2D eigenvalue weighted by Crippen LogP contribution is -3.00. The van der Waals surface area contributed by atoms with E-state index >= 15 is 0 Å². The van der Waals surface area contributed by atoms with E-state index in [-0.39, 0.29) is 12.4 Å². The van der Waals surface area contributed by atoms with E-state index in [0.717, 1.165) is 16.8 Å². The van der Waals surface area contributed by atoms with Crippen LogP contribution in [0.25, 0.3) is 22.6 Å². The Morgan fingerprint density at radius 3 is 1.95 bits per heavy atom. The van der Waals surface area contributed by atoms with Crippen molar-refractivity contribution in [2.75, 3.05) is 0 Å². The maximum atomic E-state index is 4.57. The molecule has 1 heterocycles. The highest BCUT2D eigenvalue weighted by Crippen LogP contribution is 2.18. The molecule has 3 nitrogen and oxygen atoms in total. The second-order valence-electron chi connectivity index (χ2n) is 3.94. The van der Waals surface area contributed by atoms with Gasteiger partial charge in [0.25, 0.3) is 0 Å². The Hall–Kier alpha value is -2.26. The van der Waals surface area contributed by atoms with Crippen LogP contribution in [-0.4, -0.2) is 10.1 Å². The van der Waals surface area contributed by atoms with Crippen molar-refractivity contribution in [1.82, 2.24) is 10.1 Å². The average molecular weight is 270 g/mol. The molecule has 0 aliphatic heterocycles. The molecular weight excluding hydrogens is 258 g/mol. The highest BCUT2D eigenvalue weighted by Gasteiger charge is 2.08. The molecule has 0 bridgehead atoms. The van der Waals surface area contributed by atoms with Gasteiger partial charge in [-0.05, 0) is 0 Å². The molecule has 3 aromatic rings. The number of hydrogen-bond acceptors (Lipinski definition) is 2. The lowest BCUT2D eigenvalue weighted by atomic mass is 10.1.